The molecular formula is C16H30N2O2. The highest BCUT2D eigenvalue weighted by Gasteiger charge is 2.23. The topological polar surface area (TPSA) is 52.6 Å². The lowest BCUT2D eigenvalue weighted by atomic mass is 9.85. The maximum Gasteiger partial charge on any atom is 0.317 e. The van der Waals surface area contributed by atoms with Crippen molar-refractivity contribution < 1.29 is 9.90 Å². The van der Waals surface area contributed by atoms with E-state index in [0.29, 0.717) is 6.54 Å². The fourth-order valence-electron chi connectivity index (χ4n) is 3.47. The van der Waals surface area contributed by atoms with Gasteiger partial charge in [0.2, 0.25) is 0 Å². The fraction of sp³-hybridized carbons (Fsp3) is 0.938. The Hall–Kier alpha value is -0.770. The molecule has 1 saturated heterocycles. The summed E-state index contributed by atoms with van der Waals surface area (Å²) < 4.78 is 0. The number of carbonyl (C=O) groups is 1. The summed E-state index contributed by atoms with van der Waals surface area (Å²) in [5.74, 6) is 0.875. The Morgan fingerprint density at radius 3 is 2.70 bits per heavy atom. The maximum absolute atomic E-state index is 12.1. The van der Waals surface area contributed by atoms with E-state index in [1.54, 1.807) is 4.90 Å². The van der Waals surface area contributed by atoms with Gasteiger partial charge in [-0.3, -0.25) is 0 Å². The summed E-state index contributed by atoms with van der Waals surface area (Å²) in [6.45, 7) is 3.36. The van der Waals surface area contributed by atoms with Gasteiger partial charge in [0.1, 0.15) is 0 Å². The van der Waals surface area contributed by atoms with E-state index in [1.165, 1.54) is 38.5 Å². The van der Waals surface area contributed by atoms with Crippen LogP contribution in [0, 0.1) is 5.92 Å². The summed E-state index contributed by atoms with van der Waals surface area (Å²) in [4.78, 5) is 13.9. The Morgan fingerprint density at radius 2 is 2.00 bits per heavy atom. The van der Waals surface area contributed by atoms with Gasteiger partial charge in [0.15, 0.2) is 0 Å². The van der Waals surface area contributed by atoms with Crippen molar-refractivity contribution in [3.63, 3.8) is 0 Å². The summed E-state index contributed by atoms with van der Waals surface area (Å²) in [5.41, 5.74) is 0. The van der Waals surface area contributed by atoms with Crippen molar-refractivity contribution in [2.24, 2.45) is 5.92 Å². The minimum absolute atomic E-state index is 0.0000980. The first-order valence-corrected chi connectivity index (χ1v) is 8.38. The van der Waals surface area contributed by atoms with E-state index in [2.05, 4.69) is 12.2 Å². The van der Waals surface area contributed by atoms with Crippen LogP contribution in [0.25, 0.3) is 0 Å². The molecule has 2 atom stereocenters. The number of hydrogen-bond donors (Lipinski definition) is 2. The number of carbonyl (C=O) groups excluding carboxylic acids is 1. The summed E-state index contributed by atoms with van der Waals surface area (Å²) >= 11 is 0. The second kappa shape index (κ2) is 7.87. The molecule has 1 aliphatic heterocycles. The first kappa shape index (κ1) is 15.6. The average Bonchev–Trinajstić information content (AvgIpc) is 2.46. The van der Waals surface area contributed by atoms with E-state index in [1.807, 2.05) is 0 Å². The van der Waals surface area contributed by atoms with Crippen molar-refractivity contribution >= 4 is 6.03 Å². The minimum atomic E-state index is -0.341. The molecule has 0 aromatic heterocycles. The molecule has 2 N–H and O–H groups in total. The minimum Gasteiger partial charge on any atom is -0.391 e. The monoisotopic (exact) mass is 282 g/mol. The number of aliphatic hydroxyl groups excluding tert-OH is 1. The molecule has 2 rings (SSSR count). The largest absolute Gasteiger partial charge is 0.391 e. The van der Waals surface area contributed by atoms with Gasteiger partial charge in [-0.05, 0) is 38.5 Å². The highest BCUT2D eigenvalue weighted by Crippen LogP contribution is 2.27. The van der Waals surface area contributed by atoms with E-state index in [0.717, 1.165) is 31.7 Å². The molecule has 0 aromatic carbocycles. The van der Waals surface area contributed by atoms with Crippen molar-refractivity contribution in [2.75, 3.05) is 13.1 Å². The van der Waals surface area contributed by atoms with Crippen LogP contribution in [0.3, 0.4) is 0 Å². The molecule has 2 fully saturated rings. The zero-order valence-electron chi connectivity index (χ0n) is 12.8. The lowest BCUT2D eigenvalue weighted by Gasteiger charge is -2.31. The zero-order valence-corrected chi connectivity index (χ0v) is 12.8. The Morgan fingerprint density at radius 1 is 1.25 bits per heavy atom. The van der Waals surface area contributed by atoms with Crippen LogP contribution in [0.4, 0.5) is 4.79 Å². The molecule has 116 valence electrons. The summed E-state index contributed by atoms with van der Waals surface area (Å²) in [6, 6.07) is 0.239. The number of urea groups is 1. The molecular weight excluding hydrogens is 252 g/mol. The van der Waals surface area contributed by atoms with E-state index in [-0.39, 0.29) is 18.2 Å². The van der Waals surface area contributed by atoms with E-state index >= 15 is 0 Å². The van der Waals surface area contributed by atoms with Crippen LogP contribution >= 0.6 is 0 Å². The molecule has 4 nitrogen and oxygen atoms in total. The van der Waals surface area contributed by atoms with Gasteiger partial charge in [0.05, 0.1) is 6.10 Å². The normalized spacial score (nSPS) is 26.3. The van der Waals surface area contributed by atoms with Crippen LogP contribution < -0.4 is 5.32 Å². The molecule has 1 saturated carbocycles. The SMILES string of the molecule is CC(CCC1CCCCC1)NC(=O)N1CCCC(O)C1. The summed E-state index contributed by atoms with van der Waals surface area (Å²) in [7, 11) is 0. The third-order valence-corrected chi connectivity index (χ3v) is 4.79. The van der Waals surface area contributed by atoms with E-state index in [9.17, 15) is 9.90 Å². The quantitative estimate of drug-likeness (QED) is 0.833. The van der Waals surface area contributed by atoms with Gasteiger partial charge in [0, 0.05) is 19.1 Å². The Balaban J connectivity index is 1.65. The molecule has 0 aromatic rings. The van der Waals surface area contributed by atoms with E-state index < -0.39 is 0 Å². The van der Waals surface area contributed by atoms with Crippen LogP contribution in [-0.2, 0) is 0 Å². The van der Waals surface area contributed by atoms with E-state index in [4.69, 9.17) is 0 Å². The molecule has 2 amide bonds. The highest BCUT2D eigenvalue weighted by molar-refractivity contribution is 5.74. The molecule has 20 heavy (non-hydrogen) atoms. The van der Waals surface area contributed by atoms with Crippen LogP contribution in [0.15, 0.2) is 0 Å². The third-order valence-electron chi connectivity index (χ3n) is 4.79. The van der Waals surface area contributed by atoms with Crippen LogP contribution in [0.2, 0.25) is 0 Å². The number of nitrogens with one attached hydrogen (secondary N) is 1. The standard InChI is InChI=1S/C16H30N2O2/c1-13(9-10-14-6-3-2-4-7-14)17-16(20)18-11-5-8-15(19)12-18/h13-15,19H,2-12H2,1H3,(H,17,20). The number of nitrogens with zero attached hydrogens (tertiary/aromatic N) is 1. The van der Waals surface area contributed by atoms with Crippen molar-refractivity contribution in [3.05, 3.63) is 0 Å². The summed E-state index contributed by atoms with van der Waals surface area (Å²) in [5, 5.41) is 12.7. The van der Waals surface area contributed by atoms with Crippen molar-refractivity contribution in [2.45, 2.75) is 76.9 Å². The number of hydrogen-bond acceptors (Lipinski definition) is 2. The lowest BCUT2D eigenvalue weighted by Crippen LogP contribution is -2.49. The van der Waals surface area contributed by atoms with Gasteiger partial charge >= 0.3 is 6.03 Å². The van der Waals surface area contributed by atoms with Crippen molar-refractivity contribution in [1.82, 2.24) is 10.2 Å². The molecule has 0 bridgehead atoms. The Bertz CT molecular complexity index is 303. The molecule has 2 unspecified atom stereocenters. The van der Waals surface area contributed by atoms with Gasteiger partial charge in [-0.1, -0.05) is 32.1 Å². The molecule has 0 spiro atoms. The van der Waals surface area contributed by atoms with Crippen LogP contribution in [0.1, 0.15) is 64.7 Å². The summed E-state index contributed by atoms with van der Waals surface area (Å²) in [6.07, 6.45) is 10.6. The first-order chi connectivity index (χ1) is 9.65. The predicted octanol–water partition coefficient (Wildman–Crippen LogP) is 2.90. The Labute approximate surface area is 122 Å². The lowest BCUT2D eigenvalue weighted by molar-refractivity contribution is 0.0833. The van der Waals surface area contributed by atoms with Crippen LogP contribution in [0.5, 0.6) is 0 Å². The van der Waals surface area contributed by atoms with Gasteiger partial charge < -0.3 is 15.3 Å². The second-order valence-electron chi connectivity index (χ2n) is 6.67. The van der Waals surface area contributed by atoms with Crippen molar-refractivity contribution in [3.8, 4) is 0 Å². The molecule has 1 heterocycles. The van der Waals surface area contributed by atoms with Gasteiger partial charge in [-0.2, -0.15) is 0 Å². The zero-order chi connectivity index (χ0) is 14.4. The number of piperidine rings is 1. The van der Waals surface area contributed by atoms with Crippen molar-refractivity contribution in [1.29, 1.82) is 0 Å². The van der Waals surface area contributed by atoms with Crippen LogP contribution in [-0.4, -0.2) is 41.3 Å². The first-order valence-electron chi connectivity index (χ1n) is 8.38. The molecule has 0 radical (unpaired) electrons. The maximum atomic E-state index is 12.1. The highest BCUT2D eigenvalue weighted by atomic mass is 16.3. The average molecular weight is 282 g/mol. The second-order valence-corrected chi connectivity index (χ2v) is 6.67. The van der Waals surface area contributed by atoms with Gasteiger partial charge in [0.25, 0.3) is 0 Å². The number of amides is 2. The molecule has 1 aliphatic carbocycles. The smallest absolute Gasteiger partial charge is 0.317 e. The third kappa shape index (κ3) is 4.97. The number of aliphatic hydroxyl groups is 1. The van der Waals surface area contributed by atoms with Gasteiger partial charge in [-0.25, -0.2) is 4.79 Å². The number of rotatable bonds is 4. The molecule has 2 aliphatic rings. The predicted molar refractivity (Wildman–Crippen MR) is 80.6 cm³/mol. The Kier molecular flexibility index (Phi) is 6.14. The fourth-order valence-corrected chi connectivity index (χ4v) is 3.47. The molecule has 4 heteroatoms. The number of likely N-dealkylation sites (tertiary alicyclic amines) is 1. The van der Waals surface area contributed by atoms with Gasteiger partial charge in [-0.15, -0.1) is 0 Å². The number of β-amino-alcohol motifs (C(OH)–C–C–N with tert-alkyl or cyclic N) is 1.